The highest BCUT2D eigenvalue weighted by Gasteiger charge is 2.04. The summed E-state index contributed by atoms with van der Waals surface area (Å²) in [4.78, 5) is 9.94. The summed E-state index contributed by atoms with van der Waals surface area (Å²) >= 11 is 0. The van der Waals surface area contributed by atoms with E-state index in [1.807, 2.05) is 0 Å². The first-order chi connectivity index (χ1) is 7.35. The van der Waals surface area contributed by atoms with Crippen LogP contribution in [0, 0.1) is 5.92 Å². The molecule has 1 atom stereocenters. The van der Waals surface area contributed by atoms with Crippen LogP contribution in [0.15, 0.2) is 0 Å². The standard InChI is InChI=1S/C12H25NO2/c1-3-5-6-12(4-2)7-9-15-10-8-13-11-14/h11-12H,3-10H2,1-2H3,(H,13,14). The molecule has 0 aromatic rings. The first-order valence-corrected chi connectivity index (χ1v) is 6.09. The second-order valence-electron chi connectivity index (χ2n) is 3.89. The Labute approximate surface area is 93.6 Å². The Morgan fingerprint density at radius 2 is 2.07 bits per heavy atom. The lowest BCUT2D eigenvalue weighted by atomic mass is 9.96. The number of carbonyl (C=O) groups excluding carboxylic acids is 1. The summed E-state index contributed by atoms with van der Waals surface area (Å²) in [5.74, 6) is 0.809. The molecule has 0 saturated carbocycles. The Hall–Kier alpha value is -0.570. The summed E-state index contributed by atoms with van der Waals surface area (Å²) < 4.78 is 5.43. The number of amides is 1. The molecule has 0 heterocycles. The van der Waals surface area contributed by atoms with Gasteiger partial charge in [-0.15, -0.1) is 0 Å². The smallest absolute Gasteiger partial charge is 0.207 e. The molecular weight excluding hydrogens is 190 g/mol. The monoisotopic (exact) mass is 215 g/mol. The van der Waals surface area contributed by atoms with Gasteiger partial charge in [0, 0.05) is 13.2 Å². The third kappa shape index (κ3) is 9.73. The zero-order chi connectivity index (χ0) is 11.4. The van der Waals surface area contributed by atoms with E-state index in [0.29, 0.717) is 19.6 Å². The van der Waals surface area contributed by atoms with Gasteiger partial charge in [0.05, 0.1) is 6.61 Å². The van der Waals surface area contributed by atoms with Crippen molar-refractivity contribution in [2.75, 3.05) is 19.8 Å². The SMILES string of the molecule is CCCCC(CC)CCOCCNC=O. The normalized spacial score (nSPS) is 12.4. The minimum Gasteiger partial charge on any atom is -0.380 e. The minimum absolute atomic E-state index is 0.620. The molecule has 1 unspecified atom stereocenters. The van der Waals surface area contributed by atoms with Gasteiger partial charge in [-0.05, 0) is 12.3 Å². The molecule has 90 valence electrons. The second kappa shape index (κ2) is 11.5. The van der Waals surface area contributed by atoms with E-state index in [1.165, 1.54) is 25.7 Å². The predicted octanol–water partition coefficient (Wildman–Crippen LogP) is 2.36. The van der Waals surface area contributed by atoms with Crippen LogP contribution in [0.5, 0.6) is 0 Å². The zero-order valence-electron chi connectivity index (χ0n) is 10.1. The van der Waals surface area contributed by atoms with Gasteiger partial charge in [-0.3, -0.25) is 4.79 Å². The van der Waals surface area contributed by atoms with Crippen molar-refractivity contribution in [1.29, 1.82) is 0 Å². The molecule has 15 heavy (non-hydrogen) atoms. The summed E-state index contributed by atoms with van der Waals surface area (Å²) in [6.07, 6.45) is 7.03. The van der Waals surface area contributed by atoms with Gasteiger partial charge >= 0.3 is 0 Å². The Kier molecular flexibility index (Phi) is 11.1. The number of hydrogen-bond acceptors (Lipinski definition) is 2. The van der Waals surface area contributed by atoms with Crippen LogP contribution in [0.1, 0.15) is 46.0 Å². The maximum Gasteiger partial charge on any atom is 0.207 e. The van der Waals surface area contributed by atoms with Crippen molar-refractivity contribution in [2.45, 2.75) is 46.0 Å². The fourth-order valence-corrected chi connectivity index (χ4v) is 1.59. The zero-order valence-corrected chi connectivity index (χ0v) is 10.1. The van der Waals surface area contributed by atoms with E-state index in [9.17, 15) is 4.79 Å². The maximum absolute atomic E-state index is 9.94. The number of unbranched alkanes of at least 4 members (excludes halogenated alkanes) is 1. The number of carbonyl (C=O) groups is 1. The molecule has 0 saturated heterocycles. The highest BCUT2D eigenvalue weighted by Crippen LogP contribution is 2.16. The summed E-state index contributed by atoms with van der Waals surface area (Å²) in [6, 6.07) is 0. The second-order valence-corrected chi connectivity index (χ2v) is 3.89. The van der Waals surface area contributed by atoms with Crippen LogP contribution in [0.25, 0.3) is 0 Å². The van der Waals surface area contributed by atoms with Crippen LogP contribution < -0.4 is 5.32 Å². The number of rotatable bonds is 11. The van der Waals surface area contributed by atoms with E-state index in [2.05, 4.69) is 19.2 Å². The summed E-state index contributed by atoms with van der Waals surface area (Å²) in [6.45, 7) is 6.55. The predicted molar refractivity (Wildman–Crippen MR) is 62.8 cm³/mol. The first kappa shape index (κ1) is 14.4. The van der Waals surface area contributed by atoms with Crippen LogP contribution in [-0.2, 0) is 9.53 Å². The molecule has 0 aromatic carbocycles. The van der Waals surface area contributed by atoms with Crippen molar-refractivity contribution >= 4 is 6.41 Å². The van der Waals surface area contributed by atoms with Gasteiger partial charge in [-0.2, -0.15) is 0 Å². The third-order valence-corrected chi connectivity index (χ3v) is 2.69. The molecule has 1 N–H and O–H groups in total. The summed E-state index contributed by atoms with van der Waals surface area (Å²) in [5, 5.41) is 2.58. The lowest BCUT2D eigenvalue weighted by molar-refractivity contribution is -0.109. The third-order valence-electron chi connectivity index (χ3n) is 2.69. The molecule has 0 spiro atoms. The molecule has 0 aliphatic carbocycles. The van der Waals surface area contributed by atoms with Gasteiger partial charge in [0.25, 0.3) is 0 Å². The lowest BCUT2D eigenvalue weighted by Crippen LogP contribution is -2.18. The minimum atomic E-state index is 0.620. The number of ether oxygens (including phenoxy) is 1. The number of hydrogen-bond donors (Lipinski definition) is 1. The van der Waals surface area contributed by atoms with Gasteiger partial charge in [0.15, 0.2) is 0 Å². The van der Waals surface area contributed by atoms with Crippen molar-refractivity contribution in [1.82, 2.24) is 5.32 Å². The van der Waals surface area contributed by atoms with Gasteiger partial charge in [-0.25, -0.2) is 0 Å². The van der Waals surface area contributed by atoms with E-state index in [-0.39, 0.29) is 0 Å². The van der Waals surface area contributed by atoms with E-state index >= 15 is 0 Å². The van der Waals surface area contributed by atoms with Crippen molar-refractivity contribution < 1.29 is 9.53 Å². The van der Waals surface area contributed by atoms with Crippen molar-refractivity contribution in [3.8, 4) is 0 Å². The topological polar surface area (TPSA) is 38.3 Å². The van der Waals surface area contributed by atoms with Crippen LogP contribution >= 0.6 is 0 Å². The van der Waals surface area contributed by atoms with Gasteiger partial charge in [0.1, 0.15) is 0 Å². The molecule has 0 rings (SSSR count). The van der Waals surface area contributed by atoms with E-state index in [1.54, 1.807) is 0 Å². The molecule has 1 amide bonds. The fraction of sp³-hybridized carbons (Fsp3) is 0.917. The molecule has 0 bridgehead atoms. The molecule has 0 aliphatic rings. The molecular formula is C12H25NO2. The summed E-state index contributed by atoms with van der Waals surface area (Å²) in [7, 11) is 0. The van der Waals surface area contributed by atoms with E-state index < -0.39 is 0 Å². The molecule has 0 radical (unpaired) electrons. The van der Waals surface area contributed by atoms with Crippen molar-refractivity contribution in [3.63, 3.8) is 0 Å². The summed E-state index contributed by atoms with van der Waals surface area (Å²) in [5.41, 5.74) is 0. The molecule has 0 fully saturated rings. The van der Waals surface area contributed by atoms with Gasteiger partial charge in [-0.1, -0.05) is 39.5 Å². The average molecular weight is 215 g/mol. The van der Waals surface area contributed by atoms with E-state index in [0.717, 1.165) is 18.9 Å². The largest absolute Gasteiger partial charge is 0.380 e. The van der Waals surface area contributed by atoms with Crippen LogP contribution in [0.2, 0.25) is 0 Å². The van der Waals surface area contributed by atoms with Gasteiger partial charge in [0.2, 0.25) is 6.41 Å². The van der Waals surface area contributed by atoms with Crippen molar-refractivity contribution in [2.24, 2.45) is 5.92 Å². The van der Waals surface area contributed by atoms with Crippen LogP contribution in [0.4, 0.5) is 0 Å². The molecule has 0 aliphatic heterocycles. The van der Waals surface area contributed by atoms with Gasteiger partial charge < -0.3 is 10.1 Å². The maximum atomic E-state index is 9.94. The van der Waals surface area contributed by atoms with Crippen molar-refractivity contribution in [3.05, 3.63) is 0 Å². The Morgan fingerprint density at radius 3 is 2.67 bits per heavy atom. The quantitative estimate of drug-likeness (QED) is 0.424. The fourth-order valence-electron chi connectivity index (χ4n) is 1.59. The Morgan fingerprint density at radius 1 is 1.27 bits per heavy atom. The Bertz CT molecular complexity index is 140. The highest BCUT2D eigenvalue weighted by atomic mass is 16.5. The Balaban J connectivity index is 3.25. The molecule has 3 nitrogen and oxygen atoms in total. The molecule has 0 aromatic heterocycles. The first-order valence-electron chi connectivity index (χ1n) is 6.09. The molecule has 3 heteroatoms. The van der Waals surface area contributed by atoms with Crippen LogP contribution in [0.3, 0.4) is 0 Å². The average Bonchev–Trinajstić information content (AvgIpc) is 2.27. The van der Waals surface area contributed by atoms with Crippen LogP contribution in [-0.4, -0.2) is 26.2 Å². The van der Waals surface area contributed by atoms with E-state index in [4.69, 9.17) is 4.74 Å². The lowest BCUT2D eigenvalue weighted by Gasteiger charge is -2.14. The highest BCUT2D eigenvalue weighted by molar-refractivity contribution is 5.45. The number of nitrogens with one attached hydrogen (secondary N) is 1.